The van der Waals surface area contributed by atoms with Crippen LogP contribution in [-0.2, 0) is 9.53 Å². The molecule has 1 aliphatic heterocycles. The molecule has 2 aromatic rings. The Labute approximate surface area is 172 Å². The maximum atomic E-state index is 12.8. The summed E-state index contributed by atoms with van der Waals surface area (Å²) in [5, 5.41) is 5.37. The number of carbonyl (C=O) groups excluding carboxylic acids is 3. The summed E-state index contributed by atoms with van der Waals surface area (Å²) >= 11 is 2.83. The molecule has 28 heavy (non-hydrogen) atoms. The number of carbonyl (C=O) groups is 3. The summed E-state index contributed by atoms with van der Waals surface area (Å²) in [6.45, 7) is 6.95. The highest BCUT2D eigenvalue weighted by molar-refractivity contribution is 7.16. The van der Waals surface area contributed by atoms with Crippen LogP contribution in [0.2, 0.25) is 0 Å². The van der Waals surface area contributed by atoms with Crippen molar-refractivity contribution in [2.24, 2.45) is 5.92 Å². The minimum absolute atomic E-state index is 0.0305. The van der Waals surface area contributed by atoms with Crippen LogP contribution < -0.4 is 5.32 Å². The summed E-state index contributed by atoms with van der Waals surface area (Å²) in [7, 11) is 0. The van der Waals surface area contributed by atoms with Crippen molar-refractivity contribution in [3.05, 3.63) is 38.4 Å². The number of anilines is 1. The number of esters is 1. The average Bonchev–Trinajstić information content (AvgIpc) is 3.30. The van der Waals surface area contributed by atoms with Crippen molar-refractivity contribution in [3.63, 3.8) is 0 Å². The molecule has 2 amide bonds. The van der Waals surface area contributed by atoms with Gasteiger partial charge >= 0.3 is 5.97 Å². The molecule has 2 aromatic heterocycles. The Kier molecular flexibility index (Phi) is 6.51. The second-order valence-electron chi connectivity index (χ2n) is 6.74. The summed E-state index contributed by atoms with van der Waals surface area (Å²) in [5.74, 6) is -0.654. The molecule has 0 saturated carbocycles. The first-order valence-corrected chi connectivity index (χ1v) is 11.0. The Morgan fingerprint density at radius 2 is 1.96 bits per heavy atom. The predicted octanol–water partition coefficient (Wildman–Crippen LogP) is 4.09. The molecule has 0 radical (unpaired) electrons. The van der Waals surface area contributed by atoms with E-state index in [4.69, 9.17) is 4.74 Å². The molecule has 6 nitrogen and oxygen atoms in total. The highest BCUT2D eigenvalue weighted by atomic mass is 32.1. The summed E-state index contributed by atoms with van der Waals surface area (Å²) in [6, 6.07) is 3.69. The molecule has 0 aliphatic carbocycles. The Morgan fingerprint density at radius 1 is 1.25 bits per heavy atom. The van der Waals surface area contributed by atoms with Crippen molar-refractivity contribution in [1.82, 2.24) is 4.90 Å². The second kappa shape index (κ2) is 8.87. The van der Waals surface area contributed by atoms with Crippen LogP contribution in [0.15, 0.2) is 17.5 Å². The van der Waals surface area contributed by atoms with Crippen LogP contribution in [0.4, 0.5) is 5.00 Å². The number of nitrogens with one attached hydrogen (secondary N) is 1. The Hall–Kier alpha value is -2.19. The third-order valence-electron chi connectivity index (χ3n) is 4.99. The van der Waals surface area contributed by atoms with Gasteiger partial charge in [0.2, 0.25) is 5.91 Å². The van der Waals surface area contributed by atoms with Gasteiger partial charge in [-0.3, -0.25) is 9.59 Å². The normalized spacial score (nSPS) is 14.8. The lowest BCUT2D eigenvalue weighted by Crippen LogP contribution is -2.41. The van der Waals surface area contributed by atoms with Gasteiger partial charge in [-0.1, -0.05) is 6.07 Å². The maximum Gasteiger partial charge on any atom is 0.341 e. The third-order valence-corrected chi connectivity index (χ3v) is 6.97. The van der Waals surface area contributed by atoms with Gasteiger partial charge in [-0.05, 0) is 50.6 Å². The van der Waals surface area contributed by atoms with E-state index in [0.717, 1.165) is 15.3 Å². The standard InChI is InChI=1S/C20H24N2O4S2/c1-4-26-20(25)16-12(2)13(3)28-18(16)21-17(23)14-7-9-22(10-8-14)19(24)15-6-5-11-27-15/h5-6,11,14H,4,7-10H2,1-3H3,(H,21,23). The highest BCUT2D eigenvalue weighted by Gasteiger charge is 2.30. The minimum atomic E-state index is -0.406. The number of hydrogen-bond donors (Lipinski definition) is 1. The van der Waals surface area contributed by atoms with Gasteiger partial charge in [0.1, 0.15) is 5.00 Å². The summed E-state index contributed by atoms with van der Waals surface area (Å²) in [6.07, 6.45) is 1.22. The predicted molar refractivity (Wildman–Crippen MR) is 111 cm³/mol. The zero-order valence-electron chi connectivity index (χ0n) is 16.2. The van der Waals surface area contributed by atoms with Crippen molar-refractivity contribution in [2.45, 2.75) is 33.6 Å². The Morgan fingerprint density at radius 3 is 2.57 bits per heavy atom. The van der Waals surface area contributed by atoms with Crippen LogP contribution in [0.25, 0.3) is 0 Å². The maximum absolute atomic E-state index is 12.8. The zero-order valence-corrected chi connectivity index (χ0v) is 17.9. The van der Waals surface area contributed by atoms with Gasteiger partial charge in [-0.15, -0.1) is 22.7 Å². The second-order valence-corrected chi connectivity index (χ2v) is 8.91. The monoisotopic (exact) mass is 420 g/mol. The van der Waals surface area contributed by atoms with Gasteiger partial charge < -0.3 is 15.0 Å². The van der Waals surface area contributed by atoms with Crippen LogP contribution in [0.5, 0.6) is 0 Å². The molecule has 1 aliphatic rings. The SMILES string of the molecule is CCOC(=O)c1c(NC(=O)C2CCN(C(=O)c3cccs3)CC2)sc(C)c1C. The first-order valence-electron chi connectivity index (χ1n) is 9.33. The van der Waals surface area contributed by atoms with E-state index in [2.05, 4.69) is 5.32 Å². The fourth-order valence-electron chi connectivity index (χ4n) is 3.28. The largest absolute Gasteiger partial charge is 0.462 e. The molecule has 3 heterocycles. The first-order chi connectivity index (χ1) is 13.4. The number of likely N-dealkylation sites (tertiary alicyclic amines) is 1. The molecule has 1 fully saturated rings. The number of ether oxygens (including phenoxy) is 1. The van der Waals surface area contributed by atoms with Crippen molar-refractivity contribution in [3.8, 4) is 0 Å². The highest BCUT2D eigenvalue weighted by Crippen LogP contribution is 2.34. The van der Waals surface area contributed by atoms with Gasteiger partial charge in [0, 0.05) is 23.9 Å². The third kappa shape index (κ3) is 4.28. The molecule has 1 N–H and O–H groups in total. The van der Waals surface area contributed by atoms with Crippen LogP contribution in [-0.4, -0.2) is 42.4 Å². The van der Waals surface area contributed by atoms with Crippen LogP contribution in [0.1, 0.15) is 50.2 Å². The number of thiophene rings is 2. The number of amides is 2. The van der Waals surface area contributed by atoms with Crippen molar-refractivity contribution >= 4 is 45.5 Å². The molecule has 150 valence electrons. The van der Waals surface area contributed by atoms with Crippen LogP contribution in [0.3, 0.4) is 0 Å². The molecule has 0 spiro atoms. The van der Waals surface area contributed by atoms with Gasteiger partial charge in [0.15, 0.2) is 0 Å². The number of aryl methyl sites for hydroxylation is 1. The van der Waals surface area contributed by atoms with Crippen LogP contribution >= 0.6 is 22.7 Å². The average molecular weight is 421 g/mol. The molecule has 3 rings (SSSR count). The first kappa shape index (κ1) is 20.5. The van der Waals surface area contributed by atoms with E-state index in [0.29, 0.717) is 36.5 Å². The molecule has 0 atom stereocenters. The quantitative estimate of drug-likeness (QED) is 0.739. The molecular weight excluding hydrogens is 396 g/mol. The van der Waals surface area contributed by atoms with E-state index >= 15 is 0 Å². The summed E-state index contributed by atoms with van der Waals surface area (Å²) < 4.78 is 5.14. The summed E-state index contributed by atoms with van der Waals surface area (Å²) in [5.41, 5.74) is 1.29. The van der Waals surface area contributed by atoms with E-state index in [1.165, 1.54) is 22.7 Å². The Bertz CT molecular complexity index is 865. The fourth-order valence-corrected chi connectivity index (χ4v) is 5.02. The van der Waals surface area contributed by atoms with Crippen molar-refractivity contribution in [1.29, 1.82) is 0 Å². The van der Waals surface area contributed by atoms with E-state index in [1.54, 1.807) is 11.8 Å². The number of nitrogens with zero attached hydrogens (tertiary/aromatic N) is 1. The fraction of sp³-hybridized carbons (Fsp3) is 0.450. The van der Waals surface area contributed by atoms with Gasteiger partial charge in [0.25, 0.3) is 5.91 Å². The zero-order chi connectivity index (χ0) is 20.3. The molecule has 0 bridgehead atoms. The van der Waals surface area contributed by atoms with Crippen molar-refractivity contribution in [2.75, 3.05) is 25.0 Å². The number of rotatable bonds is 5. The van der Waals surface area contributed by atoms with E-state index in [9.17, 15) is 14.4 Å². The van der Waals surface area contributed by atoms with Crippen molar-refractivity contribution < 1.29 is 19.1 Å². The molecule has 1 saturated heterocycles. The lowest BCUT2D eigenvalue weighted by molar-refractivity contribution is -0.121. The molecule has 0 unspecified atom stereocenters. The lowest BCUT2D eigenvalue weighted by atomic mass is 9.95. The van der Waals surface area contributed by atoms with E-state index in [1.807, 2.05) is 31.4 Å². The topological polar surface area (TPSA) is 75.7 Å². The van der Waals surface area contributed by atoms with Gasteiger partial charge in [-0.25, -0.2) is 4.79 Å². The van der Waals surface area contributed by atoms with E-state index in [-0.39, 0.29) is 24.3 Å². The minimum Gasteiger partial charge on any atom is -0.462 e. The number of hydrogen-bond acceptors (Lipinski definition) is 6. The Balaban J connectivity index is 1.63. The van der Waals surface area contributed by atoms with E-state index < -0.39 is 5.97 Å². The molecule has 8 heteroatoms. The lowest BCUT2D eigenvalue weighted by Gasteiger charge is -2.31. The molecule has 0 aromatic carbocycles. The van der Waals surface area contributed by atoms with Crippen LogP contribution in [0, 0.1) is 19.8 Å². The molecular formula is C20H24N2O4S2. The smallest absolute Gasteiger partial charge is 0.341 e. The summed E-state index contributed by atoms with van der Waals surface area (Å²) in [4.78, 5) is 41.0. The van der Waals surface area contributed by atoms with Gasteiger partial charge in [-0.2, -0.15) is 0 Å². The van der Waals surface area contributed by atoms with Gasteiger partial charge in [0.05, 0.1) is 17.0 Å². The number of piperidine rings is 1.